The molecule has 0 unspecified atom stereocenters. The van der Waals surface area contributed by atoms with E-state index in [9.17, 15) is 13.2 Å². The number of nitrogens with one attached hydrogen (secondary N) is 2. The molecule has 2 N–H and O–H groups in total. The fourth-order valence-corrected chi connectivity index (χ4v) is 2.74. The van der Waals surface area contributed by atoms with Crippen LogP contribution in [0.1, 0.15) is 17.0 Å². The van der Waals surface area contributed by atoms with E-state index >= 15 is 0 Å². The lowest BCUT2D eigenvalue weighted by Crippen LogP contribution is -2.15. The quantitative estimate of drug-likeness (QED) is 0.820. The standard InChI is InChI=1S/C15H19N3O5S/c1-9-12(10(2)23-17-9)8-15(19)16-11-5-6-13(14(7-11)22-3)18-24(4,20)21/h5-7,18H,8H2,1-4H3,(H,16,19). The average molecular weight is 353 g/mol. The van der Waals surface area contributed by atoms with Crippen molar-refractivity contribution >= 4 is 27.3 Å². The number of carbonyl (C=O) groups is 1. The van der Waals surface area contributed by atoms with Crippen molar-refractivity contribution < 1.29 is 22.5 Å². The Bertz CT molecular complexity index is 838. The largest absolute Gasteiger partial charge is 0.494 e. The number of ether oxygens (including phenoxy) is 1. The second-order valence-electron chi connectivity index (χ2n) is 5.32. The maximum absolute atomic E-state index is 12.2. The van der Waals surface area contributed by atoms with Gasteiger partial charge in [0, 0.05) is 17.3 Å². The van der Waals surface area contributed by atoms with Gasteiger partial charge in [-0.2, -0.15) is 0 Å². The molecular formula is C15H19N3O5S. The van der Waals surface area contributed by atoms with Crippen molar-refractivity contribution in [2.75, 3.05) is 23.4 Å². The summed E-state index contributed by atoms with van der Waals surface area (Å²) in [5.41, 5.74) is 2.20. The van der Waals surface area contributed by atoms with Crippen LogP contribution < -0.4 is 14.8 Å². The summed E-state index contributed by atoms with van der Waals surface area (Å²) in [4.78, 5) is 12.2. The Labute approximate surface area is 140 Å². The average Bonchev–Trinajstić information content (AvgIpc) is 2.79. The van der Waals surface area contributed by atoms with E-state index in [0.29, 0.717) is 28.6 Å². The third kappa shape index (κ3) is 4.48. The van der Waals surface area contributed by atoms with E-state index in [4.69, 9.17) is 9.26 Å². The van der Waals surface area contributed by atoms with Gasteiger partial charge < -0.3 is 14.6 Å². The second kappa shape index (κ2) is 6.91. The van der Waals surface area contributed by atoms with Crippen LogP contribution in [-0.2, 0) is 21.2 Å². The van der Waals surface area contributed by atoms with Crippen LogP contribution in [0.25, 0.3) is 0 Å². The Morgan fingerprint density at radius 3 is 2.58 bits per heavy atom. The fourth-order valence-electron chi connectivity index (χ4n) is 2.17. The molecule has 0 radical (unpaired) electrons. The summed E-state index contributed by atoms with van der Waals surface area (Å²) in [7, 11) is -2.01. The molecule has 0 saturated heterocycles. The second-order valence-corrected chi connectivity index (χ2v) is 7.07. The summed E-state index contributed by atoms with van der Waals surface area (Å²) in [6.45, 7) is 3.52. The van der Waals surface area contributed by atoms with Gasteiger partial charge in [-0.1, -0.05) is 5.16 Å². The number of hydrogen-bond acceptors (Lipinski definition) is 6. The molecule has 1 heterocycles. The summed E-state index contributed by atoms with van der Waals surface area (Å²) in [6, 6.07) is 4.64. The smallest absolute Gasteiger partial charge is 0.229 e. The van der Waals surface area contributed by atoms with Crippen LogP contribution in [0.2, 0.25) is 0 Å². The van der Waals surface area contributed by atoms with Gasteiger partial charge in [0.25, 0.3) is 0 Å². The minimum atomic E-state index is -3.42. The Hall–Kier alpha value is -2.55. The van der Waals surface area contributed by atoms with E-state index in [2.05, 4.69) is 15.2 Å². The highest BCUT2D eigenvalue weighted by atomic mass is 32.2. The maximum atomic E-state index is 12.2. The van der Waals surface area contributed by atoms with Gasteiger partial charge in [0.1, 0.15) is 11.5 Å². The van der Waals surface area contributed by atoms with Gasteiger partial charge in [0.2, 0.25) is 15.9 Å². The van der Waals surface area contributed by atoms with Crippen LogP contribution in [0, 0.1) is 13.8 Å². The molecule has 0 aliphatic heterocycles. The summed E-state index contributed by atoms with van der Waals surface area (Å²) < 4.78 is 35.2. The lowest BCUT2D eigenvalue weighted by Gasteiger charge is -2.12. The summed E-state index contributed by atoms with van der Waals surface area (Å²) in [6.07, 6.45) is 1.18. The first-order valence-electron chi connectivity index (χ1n) is 7.07. The number of methoxy groups -OCH3 is 1. The molecule has 0 saturated carbocycles. The maximum Gasteiger partial charge on any atom is 0.229 e. The zero-order valence-electron chi connectivity index (χ0n) is 13.8. The molecule has 0 spiro atoms. The molecule has 1 aromatic heterocycles. The van der Waals surface area contributed by atoms with Crippen molar-refractivity contribution in [3.63, 3.8) is 0 Å². The normalized spacial score (nSPS) is 11.2. The molecule has 8 nitrogen and oxygen atoms in total. The zero-order valence-corrected chi connectivity index (χ0v) is 14.7. The fraction of sp³-hybridized carbons (Fsp3) is 0.333. The number of anilines is 2. The van der Waals surface area contributed by atoms with E-state index in [1.165, 1.54) is 13.2 Å². The molecule has 2 rings (SSSR count). The molecule has 0 fully saturated rings. The molecule has 2 aromatic rings. The van der Waals surface area contributed by atoms with Gasteiger partial charge in [0.15, 0.2) is 0 Å². The minimum absolute atomic E-state index is 0.132. The van der Waals surface area contributed by atoms with E-state index in [1.807, 2.05) is 0 Å². The van der Waals surface area contributed by atoms with Crippen LogP contribution in [-0.4, -0.2) is 32.8 Å². The van der Waals surface area contributed by atoms with Crippen molar-refractivity contribution in [2.45, 2.75) is 20.3 Å². The number of amides is 1. The molecule has 0 aliphatic rings. The van der Waals surface area contributed by atoms with Crippen LogP contribution in [0.4, 0.5) is 11.4 Å². The lowest BCUT2D eigenvalue weighted by atomic mass is 10.1. The van der Waals surface area contributed by atoms with E-state index in [-0.39, 0.29) is 12.3 Å². The van der Waals surface area contributed by atoms with Crippen molar-refractivity contribution in [2.24, 2.45) is 0 Å². The van der Waals surface area contributed by atoms with Gasteiger partial charge in [-0.25, -0.2) is 8.42 Å². The summed E-state index contributed by atoms with van der Waals surface area (Å²) >= 11 is 0. The number of aryl methyl sites for hydroxylation is 2. The molecule has 24 heavy (non-hydrogen) atoms. The summed E-state index contributed by atoms with van der Waals surface area (Å²) in [5, 5.41) is 6.54. The molecule has 0 atom stereocenters. The van der Waals surface area contributed by atoms with Crippen LogP contribution >= 0.6 is 0 Å². The predicted octanol–water partition coefficient (Wildman–Crippen LogP) is 1.85. The monoisotopic (exact) mass is 353 g/mol. The van der Waals surface area contributed by atoms with Gasteiger partial charge in [-0.15, -0.1) is 0 Å². The molecule has 9 heteroatoms. The third-order valence-corrected chi connectivity index (χ3v) is 3.89. The van der Waals surface area contributed by atoms with Crippen molar-refractivity contribution in [1.29, 1.82) is 0 Å². The lowest BCUT2D eigenvalue weighted by molar-refractivity contribution is -0.115. The van der Waals surface area contributed by atoms with Crippen molar-refractivity contribution in [1.82, 2.24) is 5.16 Å². The minimum Gasteiger partial charge on any atom is -0.494 e. The molecule has 1 aromatic carbocycles. The van der Waals surface area contributed by atoms with Gasteiger partial charge in [-0.3, -0.25) is 9.52 Å². The molecule has 130 valence electrons. The molecular weight excluding hydrogens is 334 g/mol. The molecule has 0 aliphatic carbocycles. The Morgan fingerprint density at radius 1 is 1.33 bits per heavy atom. The SMILES string of the molecule is COc1cc(NC(=O)Cc2c(C)noc2C)ccc1NS(C)(=O)=O. The van der Waals surface area contributed by atoms with Crippen molar-refractivity contribution in [3.8, 4) is 5.75 Å². The van der Waals surface area contributed by atoms with Gasteiger partial charge >= 0.3 is 0 Å². The number of carbonyl (C=O) groups excluding carboxylic acids is 1. The van der Waals surface area contributed by atoms with Crippen LogP contribution in [0.3, 0.4) is 0 Å². The van der Waals surface area contributed by atoms with Gasteiger partial charge in [0.05, 0.1) is 31.2 Å². The van der Waals surface area contributed by atoms with Crippen LogP contribution in [0.15, 0.2) is 22.7 Å². The Morgan fingerprint density at radius 2 is 2.04 bits per heavy atom. The zero-order chi connectivity index (χ0) is 17.9. The highest BCUT2D eigenvalue weighted by molar-refractivity contribution is 7.92. The Balaban J connectivity index is 2.14. The molecule has 1 amide bonds. The first-order valence-corrected chi connectivity index (χ1v) is 8.96. The highest BCUT2D eigenvalue weighted by Gasteiger charge is 2.15. The molecule has 0 bridgehead atoms. The number of hydrogen-bond donors (Lipinski definition) is 2. The van der Waals surface area contributed by atoms with E-state index < -0.39 is 10.0 Å². The van der Waals surface area contributed by atoms with Crippen LogP contribution in [0.5, 0.6) is 5.75 Å². The first kappa shape index (κ1) is 17.8. The highest BCUT2D eigenvalue weighted by Crippen LogP contribution is 2.28. The van der Waals surface area contributed by atoms with Gasteiger partial charge in [-0.05, 0) is 26.0 Å². The topological polar surface area (TPSA) is 111 Å². The number of nitrogens with zero attached hydrogens (tertiary/aromatic N) is 1. The summed E-state index contributed by atoms with van der Waals surface area (Å²) in [5.74, 6) is 0.666. The predicted molar refractivity (Wildman–Crippen MR) is 89.8 cm³/mol. The number of rotatable bonds is 6. The number of benzene rings is 1. The van der Waals surface area contributed by atoms with E-state index in [1.54, 1.807) is 26.0 Å². The van der Waals surface area contributed by atoms with Crippen molar-refractivity contribution in [3.05, 3.63) is 35.2 Å². The Kier molecular flexibility index (Phi) is 5.13. The number of sulfonamides is 1. The van der Waals surface area contributed by atoms with E-state index in [0.717, 1.165) is 11.8 Å². The first-order chi connectivity index (χ1) is 11.2. The number of aromatic nitrogens is 1. The third-order valence-electron chi connectivity index (χ3n) is 3.30.